The van der Waals surface area contributed by atoms with E-state index in [2.05, 4.69) is 45.9 Å². The molecule has 278 valence electrons. The van der Waals surface area contributed by atoms with Crippen LogP contribution in [0.15, 0.2) is 61.3 Å². The molecule has 3 aromatic heterocycles. The molecule has 3 fully saturated rings. The maximum absolute atomic E-state index is 14.1. The monoisotopic (exact) mass is 731 g/mol. The van der Waals surface area contributed by atoms with Crippen molar-refractivity contribution in [1.29, 1.82) is 0 Å². The van der Waals surface area contributed by atoms with Gasteiger partial charge in [0.25, 0.3) is 0 Å². The van der Waals surface area contributed by atoms with E-state index in [0.717, 1.165) is 11.8 Å². The first kappa shape index (κ1) is 35.8. The van der Waals surface area contributed by atoms with Crippen LogP contribution in [0.1, 0.15) is 62.5 Å². The number of aromatic nitrogens is 6. The third-order valence-corrected chi connectivity index (χ3v) is 10.2. The number of halogens is 3. The summed E-state index contributed by atoms with van der Waals surface area (Å²) in [7, 11) is 1.48. The predicted molar refractivity (Wildman–Crippen MR) is 189 cm³/mol. The third-order valence-electron chi connectivity index (χ3n) is 10.2. The fraction of sp³-hybridized carbons (Fsp3) is 0.444. The Hall–Kier alpha value is -5.61. The highest BCUT2D eigenvalue weighted by atomic mass is 19.4. The molecule has 4 aromatic rings. The SMILES string of the molecule is COc1ncc(-c2cnc(N(C(=O)NCc3ccccc3)C3CCC(Nc4ncc(C(F)(F)F)c(N5CCC6(CCC(=O)N6)CC5)n4)CC3)cn2)cn1. The van der Waals surface area contributed by atoms with Gasteiger partial charge in [0.15, 0.2) is 5.82 Å². The van der Waals surface area contributed by atoms with Crippen LogP contribution in [0.3, 0.4) is 0 Å². The number of ether oxygens (including phenoxy) is 1. The van der Waals surface area contributed by atoms with E-state index in [1.165, 1.54) is 7.11 Å². The van der Waals surface area contributed by atoms with E-state index in [1.54, 1.807) is 34.6 Å². The fourth-order valence-corrected chi connectivity index (χ4v) is 7.30. The van der Waals surface area contributed by atoms with Crippen molar-refractivity contribution in [3.05, 3.63) is 72.4 Å². The summed E-state index contributed by atoms with van der Waals surface area (Å²) in [6.45, 7) is 0.998. The lowest BCUT2D eigenvalue weighted by Crippen LogP contribution is -2.51. The molecule has 0 bridgehead atoms. The number of methoxy groups -OCH3 is 1. The molecule has 1 saturated carbocycles. The zero-order chi connectivity index (χ0) is 37.0. The van der Waals surface area contributed by atoms with Crippen molar-refractivity contribution < 1.29 is 27.5 Å². The lowest BCUT2D eigenvalue weighted by Gasteiger charge is -2.40. The van der Waals surface area contributed by atoms with Crippen molar-refractivity contribution >= 4 is 29.5 Å². The van der Waals surface area contributed by atoms with Crippen molar-refractivity contribution in [2.24, 2.45) is 0 Å². The standard InChI is InChI=1S/C36H40F3N11O3/c1-53-33-43-18-24(19-44-33)28-21-41-29(22-40-28)50(34(52)45-17-23-5-3-2-4-6-23)26-9-7-25(8-10-26)46-32-42-20-27(36(37,38)39)31(47-32)49-15-13-35(14-16-49)12-11-30(51)48-35/h2-6,18-22,25-26H,7-17H2,1H3,(H,45,52)(H,48,51)(H,42,46,47). The van der Waals surface area contributed by atoms with Crippen LogP contribution in [-0.2, 0) is 17.5 Å². The van der Waals surface area contributed by atoms with E-state index in [-0.39, 0.29) is 47.3 Å². The smallest absolute Gasteiger partial charge is 0.421 e. The molecule has 0 atom stereocenters. The lowest BCUT2D eigenvalue weighted by atomic mass is 9.86. The molecule has 0 unspecified atom stereocenters. The Morgan fingerprint density at radius 1 is 0.962 bits per heavy atom. The minimum Gasteiger partial charge on any atom is -0.467 e. The minimum atomic E-state index is -4.63. The number of alkyl halides is 3. The highest BCUT2D eigenvalue weighted by Gasteiger charge is 2.43. The molecule has 1 aromatic carbocycles. The van der Waals surface area contributed by atoms with E-state index in [0.29, 0.717) is 88.1 Å². The number of carbonyl (C=O) groups is 2. The topological polar surface area (TPSA) is 163 Å². The van der Waals surface area contributed by atoms with Crippen LogP contribution in [0, 0.1) is 0 Å². The van der Waals surface area contributed by atoms with Gasteiger partial charge in [-0.15, -0.1) is 0 Å². The Kier molecular flexibility index (Phi) is 10.2. The first-order valence-corrected chi connectivity index (χ1v) is 17.7. The van der Waals surface area contributed by atoms with Gasteiger partial charge in [-0.3, -0.25) is 14.7 Å². The van der Waals surface area contributed by atoms with Gasteiger partial charge in [-0.25, -0.2) is 24.7 Å². The van der Waals surface area contributed by atoms with E-state index in [4.69, 9.17) is 4.74 Å². The Morgan fingerprint density at radius 3 is 2.32 bits per heavy atom. The highest BCUT2D eigenvalue weighted by Crippen LogP contribution is 2.39. The van der Waals surface area contributed by atoms with Gasteiger partial charge in [0, 0.05) is 67.8 Å². The number of anilines is 3. The van der Waals surface area contributed by atoms with Gasteiger partial charge < -0.3 is 25.6 Å². The average Bonchev–Trinajstić information content (AvgIpc) is 3.54. The Bertz CT molecular complexity index is 1880. The average molecular weight is 732 g/mol. The van der Waals surface area contributed by atoms with Gasteiger partial charge >= 0.3 is 18.2 Å². The van der Waals surface area contributed by atoms with Crippen molar-refractivity contribution in [3.8, 4) is 17.3 Å². The first-order chi connectivity index (χ1) is 25.6. The third kappa shape index (κ3) is 8.23. The number of carbonyl (C=O) groups excluding carboxylic acids is 2. The normalized spacial score (nSPS) is 19.8. The molecule has 2 saturated heterocycles. The predicted octanol–water partition coefficient (Wildman–Crippen LogP) is 5.14. The van der Waals surface area contributed by atoms with Crippen molar-refractivity contribution in [2.45, 2.75) is 81.7 Å². The van der Waals surface area contributed by atoms with Crippen molar-refractivity contribution in [3.63, 3.8) is 0 Å². The summed E-state index contributed by atoms with van der Waals surface area (Å²) in [5, 5.41) is 9.30. The number of amides is 3. The van der Waals surface area contributed by atoms with Crippen LogP contribution < -0.4 is 30.5 Å². The molecule has 5 heterocycles. The fourth-order valence-electron chi connectivity index (χ4n) is 7.30. The van der Waals surface area contributed by atoms with Crippen LogP contribution in [-0.4, -0.2) is 79.7 Å². The second-order valence-electron chi connectivity index (χ2n) is 13.6. The van der Waals surface area contributed by atoms with Gasteiger partial charge in [0.05, 0.1) is 25.2 Å². The summed E-state index contributed by atoms with van der Waals surface area (Å²) in [4.78, 5) is 54.8. The maximum Gasteiger partial charge on any atom is 0.421 e. The molecule has 2 aliphatic heterocycles. The van der Waals surface area contributed by atoms with Crippen LogP contribution in [0.25, 0.3) is 11.3 Å². The maximum atomic E-state index is 14.1. The zero-order valence-electron chi connectivity index (χ0n) is 29.1. The summed E-state index contributed by atoms with van der Waals surface area (Å²) in [6.07, 6.45) is 7.09. The number of hydrogen-bond donors (Lipinski definition) is 3. The number of benzene rings is 1. The molecular weight excluding hydrogens is 691 g/mol. The van der Waals surface area contributed by atoms with E-state index in [9.17, 15) is 22.8 Å². The molecular formula is C36H40F3N11O3. The van der Waals surface area contributed by atoms with Crippen LogP contribution in [0.2, 0.25) is 0 Å². The van der Waals surface area contributed by atoms with Gasteiger partial charge in [0.1, 0.15) is 11.4 Å². The number of urea groups is 1. The van der Waals surface area contributed by atoms with Gasteiger partial charge in [-0.2, -0.15) is 18.2 Å². The minimum absolute atomic E-state index is 0.0142. The number of rotatable bonds is 9. The number of hydrogen-bond acceptors (Lipinski definition) is 11. The molecule has 17 heteroatoms. The molecule has 1 spiro atoms. The highest BCUT2D eigenvalue weighted by molar-refractivity contribution is 5.91. The van der Waals surface area contributed by atoms with E-state index >= 15 is 0 Å². The Labute approximate surface area is 304 Å². The summed E-state index contributed by atoms with van der Waals surface area (Å²) >= 11 is 0. The van der Waals surface area contributed by atoms with E-state index in [1.807, 2.05) is 30.3 Å². The van der Waals surface area contributed by atoms with Gasteiger partial charge in [0.2, 0.25) is 11.9 Å². The van der Waals surface area contributed by atoms with Gasteiger partial charge in [-0.1, -0.05) is 30.3 Å². The quantitative estimate of drug-likeness (QED) is 0.209. The largest absolute Gasteiger partial charge is 0.467 e. The second-order valence-corrected chi connectivity index (χ2v) is 13.6. The molecule has 3 aliphatic rings. The van der Waals surface area contributed by atoms with Crippen LogP contribution in [0.4, 0.5) is 35.5 Å². The zero-order valence-corrected chi connectivity index (χ0v) is 29.1. The molecule has 7 rings (SSSR count). The van der Waals surface area contributed by atoms with E-state index < -0.39 is 11.7 Å². The van der Waals surface area contributed by atoms with Crippen LogP contribution in [0.5, 0.6) is 6.01 Å². The summed E-state index contributed by atoms with van der Waals surface area (Å²) in [5.41, 5.74) is 0.863. The molecule has 3 N–H and O–H groups in total. The molecule has 14 nitrogen and oxygen atoms in total. The molecule has 1 aliphatic carbocycles. The van der Waals surface area contributed by atoms with Gasteiger partial charge in [-0.05, 0) is 50.5 Å². The first-order valence-electron chi connectivity index (χ1n) is 17.7. The second kappa shape index (κ2) is 15.2. The van der Waals surface area contributed by atoms with Crippen LogP contribution >= 0.6 is 0 Å². The summed E-state index contributed by atoms with van der Waals surface area (Å²) in [6, 6.07) is 9.12. The summed E-state index contributed by atoms with van der Waals surface area (Å²) in [5.74, 6) is 0.320. The number of piperidine rings is 1. The lowest BCUT2D eigenvalue weighted by molar-refractivity contribution is -0.137. The molecule has 3 amide bonds. The van der Waals surface area contributed by atoms with Crippen molar-refractivity contribution in [2.75, 3.05) is 35.3 Å². The number of nitrogens with one attached hydrogen (secondary N) is 3. The summed E-state index contributed by atoms with van der Waals surface area (Å²) < 4.78 is 47.4. The Balaban J connectivity index is 1.04. The molecule has 0 radical (unpaired) electrons. The van der Waals surface area contributed by atoms with Crippen molar-refractivity contribution in [1.82, 2.24) is 40.5 Å². The molecule has 53 heavy (non-hydrogen) atoms. The Morgan fingerprint density at radius 2 is 1.70 bits per heavy atom. The number of nitrogens with zero attached hydrogens (tertiary/aromatic N) is 8.